The van der Waals surface area contributed by atoms with Crippen LogP contribution in [0.4, 0.5) is 5.69 Å². The van der Waals surface area contributed by atoms with Crippen LogP contribution in [-0.4, -0.2) is 17.5 Å². The zero-order chi connectivity index (χ0) is 16.5. The van der Waals surface area contributed by atoms with Crippen molar-refractivity contribution in [3.8, 4) is 0 Å². The van der Waals surface area contributed by atoms with Crippen LogP contribution in [0.5, 0.6) is 0 Å². The molecule has 2 amide bonds. The van der Waals surface area contributed by atoms with Crippen LogP contribution in [0.3, 0.4) is 0 Å². The Kier molecular flexibility index (Phi) is 7.91. The van der Waals surface area contributed by atoms with Gasteiger partial charge >= 0.3 is 0 Å². The highest BCUT2D eigenvalue weighted by atomic mass is 35.5. The summed E-state index contributed by atoms with van der Waals surface area (Å²) in [6.45, 7) is 3.68. The first-order valence-electron chi connectivity index (χ1n) is 6.99. The van der Waals surface area contributed by atoms with Crippen LogP contribution >= 0.6 is 23.2 Å². The Morgan fingerprint density at radius 2 is 1.91 bits per heavy atom. The first-order chi connectivity index (χ1) is 10.4. The largest absolute Gasteiger partial charge is 0.326 e. The molecule has 1 rings (SSSR count). The number of carbonyl (C=O) groups is 2. The van der Waals surface area contributed by atoms with Crippen molar-refractivity contribution in [2.75, 3.05) is 5.32 Å². The molecule has 0 aromatic heterocycles. The first kappa shape index (κ1) is 18.5. The lowest BCUT2D eigenvalue weighted by molar-refractivity contribution is -0.121. The Morgan fingerprint density at radius 3 is 2.55 bits per heavy atom. The van der Waals surface area contributed by atoms with Gasteiger partial charge in [-0.3, -0.25) is 9.59 Å². The fourth-order valence-electron chi connectivity index (χ4n) is 1.60. The van der Waals surface area contributed by atoms with E-state index in [-0.39, 0.29) is 18.2 Å². The van der Waals surface area contributed by atoms with E-state index in [4.69, 9.17) is 23.2 Å². The van der Waals surface area contributed by atoms with Gasteiger partial charge in [-0.05, 0) is 31.5 Å². The molecule has 2 N–H and O–H groups in total. The fourth-order valence-corrected chi connectivity index (χ4v) is 1.90. The van der Waals surface area contributed by atoms with E-state index in [0.29, 0.717) is 27.9 Å². The van der Waals surface area contributed by atoms with Gasteiger partial charge in [-0.25, -0.2) is 5.43 Å². The van der Waals surface area contributed by atoms with Crippen LogP contribution in [0.25, 0.3) is 0 Å². The predicted octanol–water partition coefficient (Wildman–Crippen LogP) is 4.00. The van der Waals surface area contributed by atoms with Crippen molar-refractivity contribution in [3.63, 3.8) is 0 Å². The Balaban J connectivity index is 2.46. The van der Waals surface area contributed by atoms with E-state index in [0.717, 1.165) is 12.8 Å². The first-order valence-corrected chi connectivity index (χ1v) is 7.75. The zero-order valence-electron chi connectivity index (χ0n) is 12.6. The van der Waals surface area contributed by atoms with E-state index >= 15 is 0 Å². The highest BCUT2D eigenvalue weighted by Crippen LogP contribution is 2.24. The van der Waals surface area contributed by atoms with Gasteiger partial charge in [-0.1, -0.05) is 36.5 Å². The molecule has 1 aromatic rings. The molecule has 0 unspecified atom stereocenters. The average Bonchev–Trinajstić information content (AvgIpc) is 2.46. The number of nitrogens with zero attached hydrogens (tertiary/aromatic N) is 1. The van der Waals surface area contributed by atoms with Crippen molar-refractivity contribution >= 4 is 46.4 Å². The summed E-state index contributed by atoms with van der Waals surface area (Å²) in [5.41, 5.74) is 3.50. The minimum atomic E-state index is -0.248. The lowest BCUT2D eigenvalue weighted by Gasteiger charge is -2.06. The van der Waals surface area contributed by atoms with Crippen LogP contribution in [0.15, 0.2) is 23.3 Å². The second-order valence-electron chi connectivity index (χ2n) is 4.84. The molecule has 0 saturated carbocycles. The molecule has 0 radical (unpaired) electrons. The second-order valence-corrected chi connectivity index (χ2v) is 5.65. The summed E-state index contributed by atoms with van der Waals surface area (Å²) in [7, 11) is 0. The van der Waals surface area contributed by atoms with Crippen LogP contribution < -0.4 is 10.7 Å². The number of nitrogens with one attached hydrogen (secondary N) is 2. The van der Waals surface area contributed by atoms with Gasteiger partial charge in [0.25, 0.3) is 0 Å². The van der Waals surface area contributed by atoms with Gasteiger partial charge in [0.1, 0.15) is 0 Å². The van der Waals surface area contributed by atoms with Crippen LogP contribution in [-0.2, 0) is 9.59 Å². The molecule has 0 fully saturated rings. The summed E-state index contributed by atoms with van der Waals surface area (Å²) in [6, 6.07) is 4.83. The highest BCUT2D eigenvalue weighted by Gasteiger charge is 2.07. The van der Waals surface area contributed by atoms with Crippen molar-refractivity contribution in [3.05, 3.63) is 28.2 Å². The monoisotopic (exact) mass is 343 g/mol. The minimum absolute atomic E-state index is 0.0777. The third kappa shape index (κ3) is 6.91. The Morgan fingerprint density at radius 1 is 1.18 bits per heavy atom. The molecule has 5 nitrogen and oxygen atoms in total. The molecule has 0 aliphatic heterocycles. The molecule has 120 valence electrons. The summed E-state index contributed by atoms with van der Waals surface area (Å²) < 4.78 is 0. The SMILES string of the molecule is CCCCC(=O)N/N=C(\C)CC(=O)Nc1ccc(Cl)c(Cl)c1. The summed E-state index contributed by atoms with van der Waals surface area (Å²) in [6.07, 6.45) is 2.28. The lowest BCUT2D eigenvalue weighted by Crippen LogP contribution is -2.21. The van der Waals surface area contributed by atoms with Crippen LogP contribution in [0, 0.1) is 0 Å². The molecule has 0 aliphatic rings. The minimum Gasteiger partial charge on any atom is -0.326 e. The highest BCUT2D eigenvalue weighted by molar-refractivity contribution is 6.42. The molecule has 0 bridgehead atoms. The third-order valence-electron chi connectivity index (χ3n) is 2.75. The molecule has 0 aliphatic carbocycles. The Hall–Kier alpha value is -1.59. The standard InChI is InChI=1S/C15H19Cl2N3O2/c1-3-4-5-14(21)20-19-10(2)8-15(22)18-11-6-7-12(16)13(17)9-11/h6-7,9H,3-5,8H2,1-2H3,(H,18,22)(H,20,21)/b19-10+. The predicted molar refractivity (Wildman–Crippen MR) is 90.5 cm³/mol. The smallest absolute Gasteiger partial charge is 0.240 e. The van der Waals surface area contributed by atoms with Gasteiger partial charge in [0, 0.05) is 17.8 Å². The van der Waals surface area contributed by atoms with E-state index in [9.17, 15) is 9.59 Å². The third-order valence-corrected chi connectivity index (χ3v) is 3.49. The lowest BCUT2D eigenvalue weighted by atomic mass is 10.2. The van der Waals surface area contributed by atoms with E-state index in [2.05, 4.69) is 15.8 Å². The number of rotatable bonds is 7. The average molecular weight is 344 g/mol. The Bertz CT molecular complexity index is 574. The van der Waals surface area contributed by atoms with Gasteiger partial charge in [0.2, 0.25) is 11.8 Å². The van der Waals surface area contributed by atoms with E-state index in [1.54, 1.807) is 25.1 Å². The molecule has 0 atom stereocenters. The van der Waals surface area contributed by atoms with Gasteiger partial charge in [0.15, 0.2) is 0 Å². The molecule has 22 heavy (non-hydrogen) atoms. The van der Waals surface area contributed by atoms with E-state index in [1.165, 1.54) is 0 Å². The van der Waals surface area contributed by atoms with Crippen molar-refractivity contribution in [2.24, 2.45) is 5.10 Å². The van der Waals surface area contributed by atoms with Crippen molar-refractivity contribution in [2.45, 2.75) is 39.5 Å². The number of amides is 2. The molecule has 0 heterocycles. The van der Waals surface area contributed by atoms with E-state index in [1.807, 2.05) is 6.92 Å². The van der Waals surface area contributed by atoms with Gasteiger partial charge in [-0.2, -0.15) is 5.10 Å². The van der Waals surface area contributed by atoms with Crippen molar-refractivity contribution in [1.82, 2.24) is 5.43 Å². The maximum Gasteiger partial charge on any atom is 0.240 e. The maximum atomic E-state index is 11.9. The molecular weight excluding hydrogens is 325 g/mol. The molecule has 1 aromatic carbocycles. The molecule has 7 heteroatoms. The summed E-state index contributed by atoms with van der Waals surface area (Å²) in [5.74, 6) is -0.395. The van der Waals surface area contributed by atoms with Crippen LogP contribution in [0.1, 0.15) is 39.5 Å². The number of hydrogen-bond donors (Lipinski definition) is 2. The van der Waals surface area contributed by atoms with Gasteiger partial charge in [0.05, 0.1) is 16.5 Å². The van der Waals surface area contributed by atoms with Gasteiger partial charge < -0.3 is 5.32 Å². The molecule has 0 spiro atoms. The topological polar surface area (TPSA) is 70.6 Å². The number of unbranched alkanes of at least 4 members (excludes halogenated alkanes) is 1. The number of halogens is 2. The fraction of sp³-hybridized carbons (Fsp3) is 0.400. The van der Waals surface area contributed by atoms with Crippen LogP contribution in [0.2, 0.25) is 10.0 Å². The maximum absolute atomic E-state index is 11.9. The van der Waals surface area contributed by atoms with Crippen molar-refractivity contribution in [1.29, 1.82) is 0 Å². The normalized spacial score (nSPS) is 11.2. The van der Waals surface area contributed by atoms with Crippen molar-refractivity contribution < 1.29 is 9.59 Å². The zero-order valence-corrected chi connectivity index (χ0v) is 14.1. The quantitative estimate of drug-likeness (QED) is 0.580. The van der Waals surface area contributed by atoms with E-state index < -0.39 is 0 Å². The molecule has 0 saturated heterocycles. The second kappa shape index (κ2) is 9.43. The summed E-state index contributed by atoms with van der Waals surface area (Å²) in [5, 5.41) is 7.38. The summed E-state index contributed by atoms with van der Waals surface area (Å²) in [4.78, 5) is 23.3. The molecular formula is C15H19Cl2N3O2. The number of carbonyl (C=O) groups excluding carboxylic acids is 2. The number of hydrazone groups is 1. The van der Waals surface area contributed by atoms with Gasteiger partial charge in [-0.15, -0.1) is 0 Å². The number of anilines is 1. The number of hydrogen-bond acceptors (Lipinski definition) is 3. The Labute approximate surface area is 140 Å². The number of benzene rings is 1. The summed E-state index contributed by atoms with van der Waals surface area (Å²) >= 11 is 11.7.